The largest absolute Gasteiger partial charge is 0.338 e. The highest BCUT2D eigenvalue weighted by Gasteiger charge is 2.33. The Morgan fingerprint density at radius 1 is 1.25 bits per heavy atom. The minimum Gasteiger partial charge on any atom is -0.338 e. The maximum Gasteiger partial charge on any atom is 0.324 e. The van der Waals surface area contributed by atoms with Gasteiger partial charge in [0.15, 0.2) is 5.82 Å². The average molecular weight is 330 g/mol. The summed E-state index contributed by atoms with van der Waals surface area (Å²) in [6.45, 7) is 3.49. The SMILES string of the molecule is Cc1cc(NC(=O)N2CCCCC2c2nnc3n2CCCC3)on1. The Bertz CT molecular complexity index is 737. The lowest BCUT2D eigenvalue weighted by molar-refractivity contribution is 0.156. The number of nitrogens with one attached hydrogen (secondary N) is 1. The number of amides is 2. The van der Waals surface area contributed by atoms with Gasteiger partial charge in [-0.2, -0.15) is 0 Å². The molecule has 2 aliphatic rings. The zero-order valence-electron chi connectivity index (χ0n) is 13.9. The summed E-state index contributed by atoms with van der Waals surface area (Å²) in [5, 5.41) is 15.4. The van der Waals surface area contributed by atoms with Gasteiger partial charge in [-0.1, -0.05) is 5.16 Å². The number of likely N-dealkylation sites (tertiary alicyclic amines) is 1. The van der Waals surface area contributed by atoms with Gasteiger partial charge in [-0.15, -0.1) is 10.2 Å². The maximum absolute atomic E-state index is 12.7. The van der Waals surface area contributed by atoms with E-state index in [1.807, 2.05) is 11.8 Å². The van der Waals surface area contributed by atoms with E-state index in [4.69, 9.17) is 4.52 Å². The Hall–Kier alpha value is -2.38. The first-order valence-corrected chi connectivity index (χ1v) is 8.65. The van der Waals surface area contributed by atoms with Gasteiger partial charge < -0.3 is 14.0 Å². The van der Waals surface area contributed by atoms with Crippen LogP contribution in [0.2, 0.25) is 0 Å². The molecular weight excluding hydrogens is 308 g/mol. The summed E-state index contributed by atoms with van der Waals surface area (Å²) < 4.78 is 7.31. The highest BCUT2D eigenvalue weighted by molar-refractivity contribution is 5.88. The Kier molecular flexibility index (Phi) is 3.95. The first-order chi connectivity index (χ1) is 11.7. The second-order valence-electron chi connectivity index (χ2n) is 6.55. The van der Waals surface area contributed by atoms with E-state index in [0.29, 0.717) is 12.4 Å². The van der Waals surface area contributed by atoms with Crippen molar-refractivity contribution in [1.29, 1.82) is 0 Å². The van der Waals surface area contributed by atoms with Crippen LogP contribution < -0.4 is 5.32 Å². The Balaban J connectivity index is 1.56. The number of anilines is 1. The number of piperidine rings is 1. The molecule has 0 aliphatic carbocycles. The van der Waals surface area contributed by atoms with E-state index in [1.54, 1.807) is 6.07 Å². The van der Waals surface area contributed by atoms with Crippen molar-refractivity contribution < 1.29 is 9.32 Å². The molecule has 8 heteroatoms. The molecule has 1 unspecified atom stereocenters. The van der Waals surface area contributed by atoms with Gasteiger partial charge in [-0.3, -0.25) is 5.32 Å². The third-order valence-electron chi connectivity index (χ3n) is 4.81. The second-order valence-corrected chi connectivity index (χ2v) is 6.55. The summed E-state index contributed by atoms with van der Waals surface area (Å²) >= 11 is 0. The summed E-state index contributed by atoms with van der Waals surface area (Å²) in [4.78, 5) is 14.6. The fourth-order valence-electron chi connectivity index (χ4n) is 3.62. The minimum atomic E-state index is -0.163. The maximum atomic E-state index is 12.7. The number of fused-ring (bicyclic) bond motifs is 1. The summed E-state index contributed by atoms with van der Waals surface area (Å²) in [5.41, 5.74) is 0.743. The summed E-state index contributed by atoms with van der Waals surface area (Å²) in [5.74, 6) is 2.35. The van der Waals surface area contributed by atoms with Crippen molar-refractivity contribution in [2.24, 2.45) is 0 Å². The molecule has 0 saturated carbocycles. The molecule has 8 nitrogen and oxygen atoms in total. The number of hydrogen-bond donors (Lipinski definition) is 1. The lowest BCUT2D eigenvalue weighted by atomic mass is 10.0. The smallest absolute Gasteiger partial charge is 0.324 e. The Morgan fingerprint density at radius 3 is 2.96 bits per heavy atom. The predicted octanol–water partition coefficient (Wildman–Crippen LogP) is 2.67. The van der Waals surface area contributed by atoms with Crippen LogP contribution in [0.3, 0.4) is 0 Å². The zero-order chi connectivity index (χ0) is 16.5. The third kappa shape index (κ3) is 2.76. The molecule has 4 heterocycles. The van der Waals surface area contributed by atoms with Crippen LogP contribution in [0.5, 0.6) is 0 Å². The fourth-order valence-corrected chi connectivity index (χ4v) is 3.62. The topological polar surface area (TPSA) is 89.1 Å². The number of urea groups is 1. The lowest BCUT2D eigenvalue weighted by Crippen LogP contribution is -2.42. The first kappa shape index (κ1) is 15.2. The van der Waals surface area contributed by atoms with Crippen LogP contribution in [0.1, 0.15) is 55.5 Å². The molecule has 2 aromatic heterocycles. The van der Waals surface area contributed by atoms with E-state index in [9.17, 15) is 4.79 Å². The van der Waals surface area contributed by atoms with Crippen LogP contribution in [0.15, 0.2) is 10.6 Å². The lowest BCUT2D eigenvalue weighted by Gasteiger charge is -2.35. The van der Waals surface area contributed by atoms with Crippen molar-refractivity contribution in [3.63, 3.8) is 0 Å². The molecule has 0 bridgehead atoms. The van der Waals surface area contributed by atoms with Crippen LogP contribution in [-0.4, -0.2) is 37.4 Å². The van der Waals surface area contributed by atoms with Crippen LogP contribution in [0.4, 0.5) is 10.7 Å². The number of carbonyl (C=O) groups is 1. The van der Waals surface area contributed by atoms with Crippen molar-refractivity contribution in [3.8, 4) is 0 Å². The number of aromatic nitrogens is 4. The van der Waals surface area contributed by atoms with Crippen molar-refractivity contribution in [1.82, 2.24) is 24.8 Å². The Morgan fingerprint density at radius 2 is 2.12 bits per heavy atom. The number of carbonyl (C=O) groups excluding carboxylic acids is 1. The van der Waals surface area contributed by atoms with Crippen LogP contribution >= 0.6 is 0 Å². The molecule has 1 N–H and O–H groups in total. The normalized spacial score (nSPS) is 20.7. The first-order valence-electron chi connectivity index (χ1n) is 8.65. The fraction of sp³-hybridized carbons (Fsp3) is 0.625. The molecule has 128 valence electrons. The molecule has 2 aliphatic heterocycles. The average Bonchev–Trinajstić information content (AvgIpc) is 3.21. The zero-order valence-corrected chi connectivity index (χ0v) is 13.9. The van der Waals surface area contributed by atoms with Crippen molar-refractivity contribution in [3.05, 3.63) is 23.4 Å². The van der Waals surface area contributed by atoms with E-state index >= 15 is 0 Å². The van der Waals surface area contributed by atoms with Crippen molar-refractivity contribution in [2.75, 3.05) is 11.9 Å². The third-order valence-corrected chi connectivity index (χ3v) is 4.81. The molecule has 0 radical (unpaired) electrons. The Labute approximate surface area is 140 Å². The summed E-state index contributed by atoms with van der Waals surface area (Å²) in [6, 6.07) is 1.53. The number of aryl methyl sites for hydroxylation is 2. The monoisotopic (exact) mass is 330 g/mol. The van der Waals surface area contributed by atoms with E-state index in [0.717, 1.165) is 62.4 Å². The van der Waals surface area contributed by atoms with E-state index in [2.05, 4.69) is 25.2 Å². The highest BCUT2D eigenvalue weighted by atomic mass is 16.5. The standard InChI is InChI=1S/C16H22N6O2/c1-11-10-14(24-20-11)17-16(23)21-8-4-2-6-12(21)15-19-18-13-7-3-5-9-22(13)15/h10,12H,2-9H2,1H3,(H,17,23). The molecule has 2 aromatic rings. The summed E-state index contributed by atoms with van der Waals surface area (Å²) in [6.07, 6.45) is 6.30. The molecule has 4 rings (SSSR count). The van der Waals surface area contributed by atoms with E-state index in [1.165, 1.54) is 0 Å². The number of nitrogens with zero attached hydrogens (tertiary/aromatic N) is 5. The second kappa shape index (κ2) is 6.26. The summed E-state index contributed by atoms with van der Waals surface area (Å²) in [7, 11) is 0. The van der Waals surface area contributed by atoms with Gasteiger partial charge in [0.1, 0.15) is 5.82 Å². The van der Waals surface area contributed by atoms with Crippen LogP contribution in [-0.2, 0) is 13.0 Å². The molecule has 24 heavy (non-hydrogen) atoms. The van der Waals surface area contributed by atoms with E-state index in [-0.39, 0.29) is 12.1 Å². The van der Waals surface area contributed by atoms with Crippen molar-refractivity contribution >= 4 is 11.9 Å². The molecule has 0 spiro atoms. The van der Waals surface area contributed by atoms with Crippen molar-refractivity contribution in [2.45, 2.75) is 58.0 Å². The van der Waals surface area contributed by atoms with Gasteiger partial charge in [-0.05, 0) is 39.0 Å². The van der Waals surface area contributed by atoms with Gasteiger partial charge in [0.05, 0.1) is 11.7 Å². The van der Waals surface area contributed by atoms with Crippen LogP contribution in [0.25, 0.3) is 0 Å². The quantitative estimate of drug-likeness (QED) is 0.914. The van der Waals surface area contributed by atoms with Gasteiger partial charge in [0, 0.05) is 25.6 Å². The molecule has 1 saturated heterocycles. The van der Waals surface area contributed by atoms with Gasteiger partial charge in [-0.25, -0.2) is 4.79 Å². The predicted molar refractivity (Wildman–Crippen MR) is 86.5 cm³/mol. The van der Waals surface area contributed by atoms with Gasteiger partial charge >= 0.3 is 6.03 Å². The molecule has 2 amide bonds. The van der Waals surface area contributed by atoms with Crippen LogP contribution in [0, 0.1) is 6.92 Å². The van der Waals surface area contributed by atoms with E-state index < -0.39 is 0 Å². The minimum absolute atomic E-state index is 0.0258. The molecular formula is C16H22N6O2. The number of hydrogen-bond acceptors (Lipinski definition) is 5. The number of rotatable bonds is 2. The molecule has 1 atom stereocenters. The van der Waals surface area contributed by atoms with Gasteiger partial charge in [0.25, 0.3) is 0 Å². The highest BCUT2D eigenvalue weighted by Crippen LogP contribution is 2.32. The molecule has 0 aromatic carbocycles. The molecule has 1 fully saturated rings. The van der Waals surface area contributed by atoms with Gasteiger partial charge in [0.2, 0.25) is 5.88 Å².